The molecule has 3 N–H and O–H groups in total. The van der Waals surface area contributed by atoms with Crippen molar-refractivity contribution in [2.75, 3.05) is 25.5 Å². The second-order valence-electron chi connectivity index (χ2n) is 4.93. The number of aldehydes is 1. The molecule has 3 unspecified atom stereocenters. The Bertz CT molecular complexity index is 632. The molecule has 1 aliphatic rings. The van der Waals surface area contributed by atoms with Crippen LogP contribution in [0.4, 0.5) is 14.6 Å². The van der Waals surface area contributed by atoms with Gasteiger partial charge in [0.1, 0.15) is 12.1 Å². The Morgan fingerprint density at radius 2 is 2.42 bits per heavy atom. The lowest BCUT2D eigenvalue weighted by Crippen LogP contribution is -2.35. The monoisotopic (exact) mass is 366 g/mol. The van der Waals surface area contributed by atoms with E-state index in [9.17, 15) is 23.3 Å². The SMILES string of the molecule is CNc1ccn(C2OC(COP(O)NCC=O)CC2(F)F)c(=O)n1. The first-order valence-electron chi connectivity index (χ1n) is 6.96. The van der Waals surface area contributed by atoms with Gasteiger partial charge in [-0.05, 0) is 6.07 Å². The first-order chi connectivity index (χ1) is 11.4. The quantitative estimate of drug-likeness (QED) is 0.443. The number of hydrogen-bond acceptors (Lipinski definition) is 8. The van der Waals surface area contributed by atoms with Gasteiger partial charge in [-0.15, -0.1) is 0 Å². The summed E-state index contributed by atoms with van der Waals surface area (Å²) >= 11 is 0. The molecule has 1 aromatic heterocycles. The summed E-state index contributed by atoms with van der Waals surface area (Å²) in [7, 11) is -0.563. The predicted octanol–water partition coefficient (Wildman–Crippen LogP) is 0.232. The van der Waals surface area contributed by atoms with Crippen molar-refractivity contribution >= 4 is 20.6 Å². The summed E-state index contributed by atoms with van der Waals surface area (Å²) in [5.41, 5.74) is -0.870. The number of hydrogen-bond donors (Lipinski definition) is 3. The third-order valence-electron chi connectivity index (χ3n) is 3.21. The van der Waals surface area contributed by atoms with Crippen LogP contribution >= 0.6 is 8.53 Å². The summed E-state index contributed by atoms with van der Waals surface area (Å²) in [6.45, 7) is -0.428. The number of halogens is 2. The molecule has 1 aromatic rings. The van der Waals surface area contributed by atoms with E-state index in [0.717, 1.165) is 0 Å². The van der Waals surface area contributed by atoms with Gasteiger partial charge in [-0.1, -0.05) is 0 Å². The molecule has 1 saturated heterocycles. The smallest absolute Gasteiger partial charge is 0.351 e. The molecule has 0 amide bonds. The summed E-state index contributed by atoms with van der Waals surface area (Å²) in [6, 6.07) is 1.38. The fourth-order valence-corrected chi connectivity index (χ4v) is 2.78. The van der Waals surface area contributed by atoms with E-state index in [4.69, 9.17) is 9.26 Å². The number of anilines is 1. The Morgan fingerprint density at radius 3 is 3.04 bits per heavy atom. The lowest BCUT2D eigenvalue weighted by molar-refractivity contribution is -0.119. The van der Waals surface area contributed by atoms with Crippen LogP contribution in [-0.4, -0.2) is 53.0 Å². The zero-order valence-electron chi connectivity index (χ0n) is 12.7. The largest absolute Gasteiger partial charge is 0.373 e. The summed E-state index contributed by atoms with van der Waals surface area (Å²) in [4.78, 5) is 35.0. The summed E-state index contributed by atoms with van der Waals surface area (Å²) < 4.78 is 39.1. The van der Waals surface area contributed by atoms with Crippen LogP contribution in [0.2, 0.25) is 0 Å². The van der Waals surface area contributed by atoms with Crippen LogP contribution in [0, 0.1) is 0 Å². The Hall–Kier alpha value is -1.52. The highest BCUT2D eigenvalue weighted by molar-refractivity contribution is 7.43. The van der Waals surface area contributed by atoms with Gasteiger partial charge in [0.2, 0.25) is 6.23 Å². The van der Waals surface area contributed by atoms with Crippen molar-refractivity contribution in [3.05, 3.63) is 22.7 Å². The highest BCUT2D eigenvalue weighted by Crippen LogP contribution is 2.42. The normalized spacial score (nSPS) is 23.8. The highest BCUT2D eigenvalue weighted by Gasteiger charge is 2.52. The minimum absolute atomic E-state index is 0.120. The van der Waals surface area contributed by atoms with Crippen molar-refractivity contribution in [1.82, 2.24) is 14.6 Å². The number of carbonyl (C=O) groups excluding carboxylic acids is 1. The van der Waals surface area contributed by atoms with Gasteiger partial charge in [0.05, 0.1) is 19.3 Å². The van der Waals surface area contributed by atoms with Gasteiger partial charge in [0.25, 0.3) is 14.4 Å². The zero-order chi connectivity index (χ0) is 17.7. The van der Waals surface area contributed by atoms with Crippen molar-refractivity contribution in [1.29, 1.82) is 0 Å². The molecule has 134 valence electrons. The maximum atomic E-state index is 14.1. The van der Waals surface area contributed by atoms with E-state index >= 15 is 0 Å². The molecule has 0 spiro atoms. The van der Waals surface area contributed by atoms with E-state index in [-0.39, 0.29) is 19.0 Å². The molecular weight excluding hydrogens is 349 g/mol. The van der Waals surface area contributed by atoms with Gasteiger partial charge in [0.15, 0.2) is 0 Å². The molecule has 2 rings (SSSR count). The fraction of sp³-hybridized carbons (Fsp3) is 0.583. The van der Waals surface area contributed by atoms with Crippen LogP contribution in [0.3, 0.4) is 0 Å². The van der Waals surface area contributed by atoms with E-state index in [1.807, 2.05) is 0 Å². The van der Waals surface area contributed by atoms with Crippen LogP contribution in [0.15, 0.2) is 17.1 Å². The van der Waals surface area contributed by atoms with Crippen LogP contribution < -0.4 is 16.1 Å². The molecule has 12 heteroatoms. The number of alkyl halides is 2. The molecule has 0 saturated carbocycles. The number of carbonyl (C=O) groups is 1. The van der Waals surface area contributed by atoms with Crippen LogP contribution in [0.5, 0.6) is 0 Å². The van der Waals surface area contributed by atoms with Gasteiger partial charge in [0, 0.05) is 19.7 Å². The molecule has 0 aliphatic carbocycles. The van der Waals surface area contributed by atoms with Gasteiger partial charge in [-0.3, -0.25) is 4.57 Å². The molecule has 0 aromatic carbocycles. The van der Waals surface area contributed by atoms with E-state index in [1.54, 1.807) is 7.05 Å². The van der Waals surface area contributed by atoms with Gasteiger partial charge < -0.3 is 24.3 Å². The van der Waals surface area contributed by atoms with Crippen molar-refractivity contribution < 1.29 is 27.7 Å². The summed E-state index contributed by atoms with van der Waals surface area (Å²) in [6.07, 6.45) is -1.79. The number of ether oxygens (including phenoxy) is 1. The maximum Gasteiger partial charge on any atom is 0.351 e. The third-order valence-corrected chi connectivity index (χ3v) is 4.06. The molecule has 9 nitrogen and oxygen atoms in total. The van der Waals surface area contributed by atoms with E-state index < -0.39 is 38.9 Å². The second-order valence-corrected chi connectivity index (χ2v) is 6.05. The molecule has 1 fully saturated rings. The van der Waals surface area contributed by atoms with Crippen LogP contribution in [-0.2, 0) is 14.1 Å². The van der Waals surface area contributed by atoms with Gasteiger partial charge in [-0.25, -0.2) is 18.7 Å². The topological polar surface area (TPSA) is 115 Å². The summed E-state index contributed by atoms with van der Waals surface area (Å²) in [5.74, 6) is -3.04. The standard InChI is InChI=1S/C12H17F2N4O5P/c1-15-9-2-4-18(11(20)17-9)10-12(13,14)6-8(23-10)7-22-24(21)16-3-5-19/h2,4-5,8,10,16,21H,3,6-7H2,1H3,(H,15,17,20). The van der Waals surface area contributed by atoms with Crippen molar-refractivity contribution in [2.45, 2.75) is 24.7 Å². The predicted molar refractivity (Wildman–Crippen MR) is 80.7 cm³/mol. The third kappa shape index (κ3) is 4.52. The van der Waals surface area contributed by atoms with Crippen LogP contribution in [0.25, 0.3) is 0 Å². The molecule has 24 heavy (non-hydrogen) atoms. The second kappa shape index (κ2) is 8.04. The Labute approximate surface area is 136 Å². The number of nitrogens with one attached hydrogen (secondary N) is 2. The van der Waals surface area contributed by atoms with Crippen molar-refractivity contribution in [3.63, 3.8) is 0 Å². The lowest BCUT2D eigenvalue weighted by Gasteiger charge is -2.20. The number of aromatic nitrogens is 2. The average molecular weight is 366 g/mol. The number of rotatable bonds is 8. The van der Waals surface area contributed by atoms with Gasteiger partial charge in [-0.2, -0.15) is 4.98 Å². The van der Waals surface area contributed by atoms with Crippen molar-refractivity contribution in [2.24, 2.45) is 0 Å². The molecule has 0 radical (unpaired) electrons. The molecule has 0 bridgehead atoms. The van der Waals surface area contributed by atoms with Crippen molar-refractivity contribution in [3.8, 4) is 0 Å². The Morgan fingerprint density at radius 1 is 1.67 bits per heavy atom. The lowest BCUT2D eigenvalue weighted by atomic mass is 10.2. The van der Waals surface area contributed by atoms with E-state index in [2.05, 4.69) is 15.4 Å². The summed E-state index contributed by atoms with van der Waals surface area (Å²) in [5, 5.41) is 4.99. The fourth-order valence-electron chi connectivity index (χ4n) is 2.15. The molecule has 2 heterocycles. The first-order valence-corrected chi connectivity index (χ1v) is 8.18. The minimum Gasteiger partial charge on any atom is -0.373 e. The Balaban J connectivity index is 2.02. The van der Waals surface area contributed by atoms with E-state index in [1.165, 1.54) is 12.3 Å². The van der Waals surface area contributed by atoms with Crippen LogP contribution in [0.1, 0.15) is 12.6 Å². The highest BCUT2D eigenvalue weighted by atomic mass is 31.2. The molecule has 3 atom stereocenters. The molecular formula is C12H17F2N4O5P. The minimum atomic E-state index is -3.30. The Kier molecular flexibility index (Phi) is 6.30. The average Bonchev–Trinajstić information content (AvgIpc) is 2.85. The van der Waals surface area contributed by atoms with Gasteiger partial charge >= 0.3 is 5.69 Å². The first kappa shape index (κ1) is 18.8. The zero-order valence-corrected chi connectivity index (χ0v) is 13.6. The number of nitrogens with zero attached hydrogens (tertiary/aromatic N) is 2. The molecule has 1 aliphatic heterocycles. The van der Waals surface area contributed by atoms with E-state index in [0.29, 0.717) is 10.9 Å². The maximum absolute atomic E-state index is 14.1.